The molecule has 6 rings (SSSR count). The van der Waals surface area contributed by atoms with Crippen molar-refractivity contribution in [3.05, 3.63) is 76.0 Å². The average molecular weight is 639 g/mol. The number of carbonyl (C=O) groups excluding carboxylic acids is 1. The Bertz CT molecular complexity index is 1950. The first-order valence-electron chi connectivity index (χ1n) is 14.4. The third-order valence-corrected chi connectivity index (χ3v) is 9.33. The van der Waals surface area contributed by atoms with Gasteiger partial charge in [0.2, 0.25) is 11.3 Å². The van der Waals surface area contributed by atoms with Gasteiger partial charge >= 0.3 is 5.97 Å². The molecule has 15 heteroatoms. The van der Waals surface area contributed by atoms with Crippen molar-refractivity contribution in [2.24, 2.45) is 0 Å². The zero-order valence-electron chi connectivity index (χ0n) is 24.3. The van der Waals surface area contributed by atoms with Gasteiger partial charge in [-0.2, -0.15) is 0 Å². The fraction of sp³-hybridized carbons (Fsp3) is 0.333. The number of nitrogens with one attached hydrogen (secondary N) is 2. The average Bonchev–Trinajstić information content (AvgIpc) is 3.77. The third kappa shape index (κ3) is 6.54. The molecule has 2 aromatic heterocycles. The van der Waals surface area contributed by atoms with Crippen molar-refractivity contribution in [1.29, 1.82) is 0 Å². The molecule has 1 aliphatic carbocycles. The Morgan fingerprint density at radius 3 is 2.42 bits per heavy atom. The lowest BCUT2D eigenvalue weighted by atomic mass is 10.1. The number of piperazine rings is 1. The molecule has 1 saturated carbocycles. The Kier molecular flexibility index (Phi) is 8.05. The Balaban J connectivity index is 1.03. The number of sulfonamides is 1. The van der Waals surface area contributed by atoms with E-state index in [1.807, 2.05) is 4.90 Å². The number of carboxylic acid groups (broad SMARTS) is 1. The maximum absolute atomic E-state index is 15.3. The summed E-state index contributed by atoms with van der Waals surface area (Å²) in [6.07, 6.45) is 3.30. The first-order valence-corrected chi connectivity index (χ1v) is 15.9. The molecule has 4 aromatic rings. The molecule has 0 atom stereocenters. The van der Waals surface area contributed by atoms with Crippen LogP contribution in [0.4, 0.5) is 21.6 Å². The van der Waals surface area contributed by atoms with Crippen molar-refractivity contribution >= 4 is 50.0 Å². The van der Waals surface area contributed by atoms with Gasteiger partial charge in [0.05, 0.1) is 16.1 Å². The summed E-state index contributed by atoms with van der Waals surface area (Å²) in [4.78, 5) is 41.0. The van der Waals surface area contributed by atoms with Crippen molar-refractivity contribution in [2.45, 2.75) is 37.1 Å². The molecule has 2 aliphatic rings. The topological polar surface area (TPSA) is 167 Å². The van der Waals surface area contributed by atoms with Gasteiger partial charge in [0.15, 0.2) is 5.82 Å². The van der Waals surface area contributed by atoms with Crippen molar-refractivity contribution in [3.63, 3.8) is 0 Å². The van der Waals surface area contributed by atoms with Gasteiger partial charge in [-0.15, -0.1) is 0 Å². The molecule has 0 radical (unpaired) electrons. The number of pyridine rings is 1. The molecule has 45 heavy (non-hydrogen) atoms. The number of carboxylic acids is 1. The third-order valence-electron chi connectivity index (χ3n) is 7.95. The highest BCUT2D eigenvalue weighted by atomic mass is 32.2. The largest absolute Gasteiger partial charge is 0.477 e. The summed E-state index contributed by atoms with van der Waals surface area (Å²) in [6.45, 7) is 4.30. The number of hydrogen-bond donors (Lipinski definition) is 3. The van der Waals surface area contributed by atoms with Gasteiger partial charge in [0.1, 0.15) is 17.1 Å². The molecule has 2 aromatic carbocycles. The fourth-order valence-corrected chi connectivity index (χ4v) is 6.42. The second-order valence-electron chi connectivity index (χ2n) is 11.2. The lowest BCUT2D eigenvalue weighted by molar-refractivity contribution is -0.116. The molecule has 3 N–H and O–H groups in total. The summed E-state index contributed by atoms with van der Waals surface area (Å²) in [5.41, 5.74) is 0.270. The number of halogens is 1. The maximum Gasteiger partial charge on any atom is 0.341 e. The molecule has 0 spiro atoms. The first kappa shape index (κ1) is 30.3. The second kappa shape index (κ2) is 12.0. The summed E-state index contributed by atoms with van der Waals surface area (Å²) < 4.78 is 49.4. The summed E-state index contributed by atoms with van der Waals surface area (Å²) in [5.74, 6) is -1.61. The zero-order chi connectivity index (χ0) is 31.9. The van der Waals surface area contributed by atoms with Crippen molar-refractivity contribution < 1.29 is 32.0 Å². The molecule has 0 bridgehead atoms. The van der Waals surface area contributed by atoms with Crippen LogP contribution in [-0.4, -0.2) is 72.7 Å². The van der Waals surface area contributed by atoms with Crippen LogP contribution in [0.1, 0.15) is 41.4 Å². The van der Waals surface area contributed by atoms with Crippen LogP contribution in [0.2, 0.25) is 0 Å². The number of benzene rings is 2. The van der Waals surface area contributed by atoms with E-state index in [-0.39, 0.29) is 40.0 Å². The van der Waals surface area contributed by atoms with E-state index >= 15 is 4.39 Å². The van der Waals surface area contributed by atoms with E-state index < -0.39 is 27.2 Å². The molecule has 1 saturated heterocycles. The van der Waals surface area contributed by atoms with Gasteiger partial charge in [-0.05, 0) is 56.2 Å². The Morgan fingerprint density at radius 2 is 1.80 bits per heavy atom. The molecule has 13 nitrogen and oxygen atoms in total. The minimum absolute atomic E-state index is 0.00251. The molecule has 1 aliphatic heterocycles. The molecule has 2 fully saturated rings. The summed E-state index contributed by atoms with van der Waals surface area (Å²) >= 11 is 0. The van der Waals surface area contributed by atoms with E-state index in [0.717, 1.165) is 18.9 Å². The van der Waals surface area contributed by atoms with Gasteiger partial charge in [-0.1, -0.05) is 5.16 Å². The van der Waals surface area contributed by atoms with E-state index in [2.05, 4.69) is 20.1 Å². The Labute approximate surface area is 257 Å². The lowest BCUT2D eigenvalue weighted by Crippen LogP contribution is -2.47. The Morgan fingerprint density at radius 1 is 1.09 bits per heavy atom. The Hall–Kier alpha value is -4.76. The number of fused-ring (bicyclic) bond motifs is 1. The second-order valence-corrected chi connectivity index (χ2v) is 12.9. The van der Waals surface area contributed by atoms with Crippen LogP contribution in [0.5, 0.6) is 0 Å². The minimum atomic E-state index is -3.87. The van der Waals surface area contributed by atoms with Crippen molar-refractivity contribution in [2.75, 3.05) is 47.7 Å². The standard InChI is InChI=1S/C30H31FN6O7S/c1-18-14-27(33-44-18)34-45(42,43)21-6-2-19(3-7-21)32-28(38)8-9-35-10-12-36(13-11-35)26-16-25-22(15-24(26)31)29(39)23(30(40)41)17-37(25)20-4-5-20/h2-3,6-7,14-17,20H,4-5,8-13H2,1H3,(H,32,38)(H,33,34)(H,40,41). The number of carbonyl (C=O) groups is 2. The van der Waals surface area contributed by atoms with E-state index in [1.165, 1.54) is 36.5 Å². The van der Waals surface area contributed by atoms with Crippen LogP contribution in [0.15, 0.2) is 62.9 Å². The highest BCUT2D eigenvalue weighted by Crippen LogP contribution is 2.38. The van der Waals surface area contributed by atoms with Gasteiger partial charge < -0.3 is 24.4 Å². The first-order chi connectivity index (χ1) is 21.5. The van der Waals surface area contributed by atoms with Gasteiger partial charge in [-0.25, -0.2) is 17.6 Å². The number of rotatable bonds is 10. The molecular weight excluding hydrogens is 607 g/mol. The van der Waals surface area contributed by atoms with Gasteiger partial charge in [0, 0.05) is 68.5 Å². The summed E-state index contributed by atoms with van der Waals surface area (Å²) in [6, 6.07) is 10.1. The number of nitrogens with zero attached hydrogens (tertiary/aromatic N) is 4. The lowest BCUT2D eigenvalue weighted by Gasteiger charge is -2.36. The number of aryl methyl sites for hydroxylation is 1. The van der Waals surface area contributed by atoms with E-state index in [9.17, 15) is 27.9 Å². The van der Waals surface area contributed by atoms with Crippen molar-refractivity contribution in [3.8, 4) is 0 Å². The predicted octanol–water partition coefficient (Wildman–Crippen LogP) is 3.42. The van der Waals surface area contributed by atoms with Crippen LogP contribution in [-0.2, 0) is 14.8 Å². The van der Waals surface area contributed by atoms with Crippen LogP contribution < -0.4 is 20.4 Å². The van der Waals surface area contributed by atoms with Gasteiger partial charge in [-0.3, -0.25) is 19.2 Å². The van der Waals surface area contributed by atoms with E-state index in [0.29, 0.717) is 55.4 Å². The maximum atomic E-state index is 15.3. The highest BCUT2D eigenvalue weighted by Gasteiger charge is 2.28. The predicted molar refractivity (Wildman–Crippen MR) is 164 cm³/mol. The van der Waals surface area contributed by atoms with Crippen molar-refractivity contribution in [1.82, 2.24) is 14.6 Å². The zero-order valence-corrected chi connectivity index (χ0v) is 25.1. The summed E-state index contributed by atoms with van der Waals surface area (Å²) in [5, 5.41) is 15.9. The molecular formula is C30H31FN6O7S. The SMILES string of the molecule is Cc1cc(NS(=O)(=O)c2ccc(NC(=O)CCN3CCN(c4cc5c(cc4F)c(=O)c(C(=O)O)cn5C4CC4)CC3)cc2)no1. The quantitative estimate of drug-likeness (QED) is 0.234. The normalized spacial score (nSPS) is 15.7. The van der Waals surface area contributed by atoms with Crippen LogP contribution in [0.3, 0.4) is 0 Å². The minimum Gasteiger partial charge on any atom is -0.477 e. The molecule has 0 unspecified atom stereocenters. The van der Waals surface area contributed by atoms with E-state index in [4.69, 9.17) is 4.52 Å². The van der Waals surface area contributed by atoms with Crippen LogP contribution in [0, 0.1) is 12.7 Å². The van der Waals surface area contributed by atoms with Crippen LogP contribution in [0.25, 0.3) is 10.9 Å². The number of anilines is 3. The monoisotopic (exact) mass is 638 g/mol. The molecule has 1 amide bonds. The van der Waals surface area contributed by atoms with Crippen LogP contribution >= 0.6 is 0 Å². The summed E-state index contributed by atoms with van der Waals surface area (Å²) in [7, 11) is -3.87. The number of amides is 1. The number of aromatic carboxylic acids is 1. The molecule has 3 heterocycles. The highest BCUT2D eigenvalue weighted by molar-refractivity contribution is 7.92. The van der Waals surface area contributed by atoms with Gasteiger partial charge in [0.25, 0.3) is 10.0 Å². The fourth-order valence-electron chi connectivity index (χ4n) is 5.43. The number of hydrogen-bond acceptors (Lipinski definition) is 9. The smallest absolute Gasteiger partial charge is 0.341 e. The molecule has 236 valence electrons. The van der Waals surface area contributed by atoms with E-state index in [1.54, 1.807) is 17.6 Å². The number of aromatic nitrogens is 2.